The van der Waals surface area contributed by atoms with Crippen LogP contribution in [0.15, 0.2) is 109 Å². The average molecular weight is 496 g/mol. The minimum Gasteiger partial charge on any atom is -0.621 e. The molecule has 7 heteroatoms. The summed E-state index contributed by atoms with van der Waals surface area (Å²) in [6.07, 6.45) is 4.59. The minimum absolute atomic E-state index is 0. The first-order valence-corrected chi connectivity index (χ1v) is 10.4. The van der Waals surface area contributed by atoms with Crippen molar-refractivity contribution in [1.82, 2.24) is 4.98 Å². The van der Waals surface area contributed by atoms with Gasteiger partial charge in [0.2, 0.25) is 0 Å². The van der Waals surface area contributed by atoms with E-state index in [0.717, 1.165) is 0 Å². The molecule has 0 saturated heterocycles. The Hall–Kier alpha value is -3.83. The summed E-state index contributed by atoms with van der Waals surface area (Å²) in [7, 11) is 0. The van der Waals surface area contributed by atoms with Gasteiger partial charge in [0.1, 0.15) is 11.4 Å². The van der Waals surface area contributed by atoms with Crippen LogP contribution in [0.3, 0.4) is 0 Å². The Labute approximate surface area is 209 Å². The van der Waals surface area contributed by atoms with E-state index in [9.17, 15) is 14.7 Å². The van der Waals surface area contributed by atoms with Gasteiger partial charge in [0.15, 0.2) is 0 Å². The predicted octanol–water partition coefficient (Wildman–Crippen LogP) is 4.40. The number of pyridine rings is 1. The van der Waals surface area contributed by atoms with Crippen LogP contribution in [0.2, 0.25) is 0 Å². The summed E-state index contributed by atoms with van der Waals surface area (Å²) in [5, 5.41) is 16.5. The van der Waals surface area contributed by atoms with Crippen molar-refractivity contribution in [2.75, 3.05) is 0 Å². The number of hydrogen-bond acceptors (Lipinski definition) is 5. The van der Waals surface area contributed by atoms with Gasteiger partial charge in [-0.15, -0.1) is 18.8 Å². The molecule has 1 amide bonds. The number of aromatic nitrogens is 1. The number of carbonyl (C=O) groups is 2. The molecule has 0 unspecified atom stereocenters. The fourth-order valence-corrected chi connectivity index (χ4v) is 3.38. The van der Waals surface area contributed by atoms with Crippen LogP contribution in [0.25, 0.3) is 5.32 Å². The molecule has 3 aromatic rings. The zero-order valence-corrected chi connectivity index (χ0v) is 19.4. The normalized spacial score (nSPS) is 11.1. The number of benzene rings is 2. The first-order valence-electron chi connectivity index (χ1n) is 10.4. The molecule has 1 heterocycles. The number of amides is 1. The van der Waals surface area contributed by atoms with E-state index in [1.165, 1.54) is 18.3 Å². The van der Waals surface area contributed by atoms with Crippen LogP contribution < -0.4 is 5.11 Å². The summed E-state index contributed by atoms with van der Waals surface area (Å²) in [5.74, 6) is -1.85. The Balaban J connectivity index is 0.00000408. The summed E-state index contributed by atoms with van der Waals surface area (Å²) < 4.78 is 0. The second-order valence-electron chi connectivity index (χ2n) is 7.28. The number of aliphatic carboxylic acids is 1. The SMILES string of the molecule is C=CCC(CC=C)(N=C(c1ccccc1)c1ccccc1[N-]C(=O)c1ccccn1)C(=O)[O-].[Ni+2]. The van der Waals surface area contributed by atoms with Crippen LogP contribution in [0, 0.1) is 0 Å². The van der Waals surface area contributed by atoms with E-state index < -0.39 is 17.4 Å². The molecule has 0 spiro atoms. The summed E-state index contributed by atoms with van der Waals surface area (Å²) in [5.41, 5.74) is 0.493. The number of rotatable bonds is 10. The van der Waals surface area contributed by atoms with Crippen LogP contribution in [-0.2, 0) is 21.3 Å². The molecule has 6 nitrogen and oxygen atoms in total. The molecule has 0 radical (unpaired) electrons. The summed E-state index contributed by atoms with van der Waals surface area (Å²) in [6.45, 7) is 7.38. The molecular weight excluding hydrogens is 473 g/mol. The Morgan fingerprint density at radius 3 is 2.15 bits per heavy atom. The van der Waals surface area contributed by atoms with Crippen LogP contribution in [0.1, 0.15) is 34.5 Å². The Kier molecular flexibility index (Phi) is 9.66. The largest absolute Gasteiger partial charge is 2.00 e. The Morgan fingerprint density at radius 2 is 1.56 bits per heavy atom. The van der Waals surface area contributed by atoms with Crippen LogP contribution >= 0.6 is 0 Å². The number of carboxylic acid groups (broad SMARTS) is 1. The van der Waals surface area contributed by atoms with Gasteiger partial charge in [-0.1, -0.05) is 72.8 Å². The van der Waals surface area contributed by atoms with Crippen LogP contribution in [0.4, 0.5) is 5.69 Å². The maximum Gasteiger partial charge on any atom is 2.00 e. The van der Waals surface area contributed by atoms with Gasteiger partial charge in [-0.3, -0.25) is 9.98 Å². The average Bonchev–Trinajstić information content (AvgIpc) is 2.84. The van der Waals surface area contributed by atoms with E-state index >= 15 is 0 Å². The fraction of sp³-hybridized carbons (Fsp3) is 0.111. The van der Waals surface area contributed by atoms with E-state index in [4.69, 9.17) is 4.99 Å². The van der Waals surface area contributed by atoms with Crippen molar-refractivity contribution in [2.24, 2.45) is 4.99 Å². The third kappa shape index (κ3) is 6.15. The van der Waals surface area contributed by atoms with Crippen molar-refractivity contribution in [1.29, 1.82) is 0 Å². The smallest absolute Gasteiger partial charge is 0.621 e. The molecule has 3 rings (SSSR count). The van der Waals surface area contributed by atoms with Gasteiger partial charge < -0.3 is 20.0 Å². The molecular formula is C27H23N3NiO3. The number of aliphatic imine (C=N–C) groups is 1. The first kappa shape index (κ1) is 26.4. The number of hydrogen-bond donors (Lipinski definition) is 0. The summed E-state index contributed by atoms with van der Waals surface area (Å²) in [6, 6.07) is 21.1. The Morgan fingerprint density at radius 1 is 0.941 bits per heavy atom. The molecule has 0 atom stereocenters. The van der Waals surface area contributed by atoms with E-state index in [2.05, 4.69) is 23.5 Å². The topological polar surface area (TPSA) is 96.6 Å². The number of nitrogens with zero attached hydrogens (tertiary/aromatic N) is 3. The van der Waals surface area contributed by atoms with Crippen molar-refractivity contribution < 1.29 is 31.2 Å². The van der Waals surface area contributed by atoms with Crippen molar-refractivity contribution in [3.8, 4) is 0 Å². The molecule has 0 aliphatic carbocycles. The van der Waals surface area contributed by atoms with E-state index in [1.54, 1.807) is 42.5 Å². The molecule has 0 aliphatic heterocycles. The van der Waals surface area contributed by atoms with Crippen LogP contribution in [0.5, 0.6) is 0 Å². The molecule has 0 fully saturated rings. The van der Waals surface area contributed by atoms with Gasteiger partial charge in [-0.2, -0.15) is 0 Å². The third-order valence-electron chi connectivity index (χ3n) is 4.98. The van der Waals surface area contributed by atoms with Gasteiger partial charge in [-0.25, -0.2) is 0 Å². The van der Waals surface area contributed by atoms with Gasteiger partial charge in [0, 0.05) is 11.8 Å². The van der Waals surface area contributed by atoms with Crippen molar-refractivity contribution in [3.63, 3.8) is 0 Å². The van der Waals surface area contributed by atoms with Gasteiger partial charge in [-0.05, 0) is 30.5 Å². The number of carbonyl (C=O) groups excluding carboxylic acids is 2. The van der Waals surface area contributed by atoms with Crippen molar-refractivity contribution in [2.45, 2.75) is 18.4 Å². The number of carboxylic acids is 1. The molecule has 34 heavy (non-hydrogen) atoms. The molecule has 0 aliphatic rings. The number of para-hydroxylation sites is 1. The molecule has 0 saturated carbocycles. The Bertz CT molecular complexity index is 1170. The maximum absolute atomic E-state index is 12.7. The zero-order chi connectivity index (χ0) is 23.7. The molecule has 1 aromatic heterocycles. The third-order valence-corrected chi connectivity index (χ3v) is 4.98. The quantitative estimate of drug-likeness (QED) is 0.236. The van der Waals surface area contributed by atoms with E-state index in [-0.39, 0.29) is 35.0 Å². The van der Waals surface area contributed by atoms with Gasteiger partial charge >= 0.3 is 16.5 Å². The molecule has 2 aromatic carbocycles. The second-order valence-corrected chi connectivity index (χ2v) is 7.28. The minimum atomic E-state index is -1.60. The second kappa shape index (κ2) is 12.4. The van der Waals surface area contributed by atoms with Crippen LogP contribution in [-0.4, -0.2) is 28.1 Å². The summed E-state index contributed by atoms with van der Waals surface area (Å²) in [4.78, 5) is 33.7. The van der Waals surface area contributed by atoms with Crippen molar-refractivity contribution in [3.05, 3.63) is 126 Å². The predicted molar refractivity (Wildman–Crippen MR) is 127 cm³/mol. The molecule has 0 bridgehead atoms. The summed E-state index contributed by atoms with van der Waals surface area (Å²) >= 11 is 0. The monoisotopic (exact) mass is 495 g/mol. The van der Waals surface area contributed by atoms with E-state index in [1.807, 2.05) is 30.3 Å². The van der Waals surface area contributed by atoms with Gasteiger partial charge in [0.25, 0.3) is 0 Å². The first-order chi connectivity index (χ1) is 16.0. The standard InChI is InChI=1S/C27H25N3O3.Ni/c1-3-17-27(18-4-2,26(32)33)30-24(20-12-6-5-7-13-20)21-14-8-9-15-22(21)29-25(31)23-16-10-11-19-28-23;/h3-16,19H,1-2,17-18H2,(H2,29,30,31,32,33);/q;+2/p-2. The van der Waals surface area contributed by atoms with Crippen molar-refractivity contribution >= 4 is 23.3 Å². The maximum atomic E-state index is 12.7. The fourth-order valence-electron chi connectivity index (χ4n) is 3.38. The molecule has 0 N–H and O–H groups in total. The van der Waals surface area contributed by atoms with E-state index in [0.29, 0.717) is 22.5 Å². The van der Waals surface area contributed by atoms with Gasteiger partial charge in [0.05, 0.1) is 17.4 Å². The zero-order valence-electron chi connectivity index (χ0n) is 18.4. The molecule has 174 valence electrons.